The molecule has 18 heavy (non-hydrogen) atoms. The van der Waals surface area contributed by atoms with E-state index in [-0.39, 0.29) is 16.5 Å². The highest BCUT2D eigenvalue weighted by atomic mass is 16.5. The lowest BCUT2D eigenvalue weighted by Gasteiger charge is -2.67. The number of nitriles is 1. The lowest BCUT2D eigenvalue weighted by Crippen LogP contribution is -2.62. The topological polar surface area (TPSA) is 80.8 Å². The third-order valence-corrected chi connectivity index (χ3v) is 3.90. The van der Waals surface area contributed by atoms with Crippen LogP contribution in [-0.2, 0) is 11.3 Å². The third kappa shape index (κ3) is 1.50. The van der Waals surface area contributed by atoms with Gasteiger partial charge in [-0.2, -0.15) is 5.26 Å². The summed E-state index contributed by atoms with van der Waals surface area (Å²) < 4.78 is 6.54. The van der Waals surface area contributed by atoms with Crippen LogP contribution in [0.3, 0.4) is 0 Å². The van der Waals surface area contributed by atoms with E-state index >= 15 is 0 Å². The van der Waals surface area contributed by atoms with Crippen LogP contribution in [0.25, 0.3) is 0 Å². The first-order chi connectivity index (χ1) is 8.60. The molecule has 0 unspecified atom stereocenters. The van der Waals surface area contributed by atoms with Crippen molar-refractivity contribution >= 4 is 5.97 Å². The second-order valence-corrected chi connectivity index (χ2v) is 5.44. The molecule has 3 fully saturated rings. The van der Waals surface area contributed by atoms with Crippen LogP contribution < -0.4 is 0 Å². The van der Waals surface area contributed by atoms with E-state index < -0.39 is 5.97 Å². The van der Waals surface area contributed by atoms with Gasteiger partial charge >= 0.3 is 5.97 Å². The van der Waals surface area contributed by atoms with E-state index in [1.807, 2.05) is 0 Å². The normalized spacial score (nSPS) is 32.0. The quantitative estimate of drug-likeness (QED) is 0.744. The number of esters is 1. The van der Waals surface area contributed by atoms with Crippen molar-refractivity contribution in [2.75, 3.05) is 6.61 Å². The molecular weight excluding hydrogens is 232 g/mol. The Hall–Kier alpha value is -1.90. The van der Waals surface area contributed by atoms with Crippen molar-refractivity contribution in [2.24, 2.45) is 10.8 Å². The number of carbonyl (C=O) groups is 1. The minimum Gasteiger partial charge on any atom is -0.461 e. The Morgan fingerprint density at radius 2 is 2.33 bits per heavy atom. The molecule has 6 nitrogen and oxygen atoms in total. The van der Waals surface area contributed by atoms with E-state index in [1.165, 1.54) is 0 Å². The fraction of sp³-hybridized carbons (Fsp3) is 0.667. The largest absolute Gasteiger partial charge is 0.461 e. The summed E-state index contributed by atoms with van der Waals surface area (Å²) in [5.41, 5.74) is 0.415. The van der Waals surface area contributed by atoms with Crippen LogP contribution in [0.4, 0.5) is 0 Å². The third-order valence-electron chi connectivity index (χ3n) is 3.90. The molecule has 3 saturated carbocycles. The number of hydrogen-bond donors (Lipinski definition) is 0. The Morgan fingerprint density at radius 1 is 1.61 bits per heavy atom. The predicted octanol–water partition coefficient (Wildman–Crippen LogP) is 1.15. The molecule has 0 radical (unpaired) electrons. The molecule has 4 rings (SSSR count). The smallest absolute Gasteiger partial charge is 0.360 e. The Bertz CT molecular complexity index is 523. The minimum atomic E-state index is -0.435. The zero-order valence-corrected chi connectivity index (χ0v) is 10.2. The van der Waals surface area contributed by atoms with Gasteiger partial charge in [0.15, 0.2) is 5.69 Å². The Morgan fingerprint density at radius 3 is 2.94 bits per heavy atom. The molecule has 0 aromatic carbocycles. The van der Waals surface area contributed by atoms with Crippen molar-refractivity contribution in [2.45, 2.75) is 32.7 Å². The van der Waals surface area contributed by atoms with Gasteiger partial charge in [0.25, 0.3) is 0 Å². The Balaban J connectivity index is 1.63. The highest BCUT2D eigenvalue weighted by Gasteiger charge is 2.68. The van der Waals surface area contributed by atoms with E-state index in [0.717, 1.165) is 25.8 Å². The SMILES string of the molecule is CCOC(=O)c1cn(CC23CC(C#N)(C2)C3)nn1. The summed E-state index contributed by atoms with van der Waals surface area (Å²) in [5, 5.41) is 16.7. The number of ether oxygens (including phenoxy) is 1. The van der Waals surface area contributed by atoms with Gasteiger partial charge in [-0.05, 0) is 31.6 Å². The fourth-order valence-electron chi connectivity index (χ4n) is 3.30. The Labute approximate surface area is 105 Å². The van der Waals surface area contributed by atoms with Crippen LogP contribution in [0.5, 0.6) is 0 Å². The van der Waals surface area contributed by atoms with Gasteiger partial charge in [0.1, 0.15) is 0 Å². The molecule has 0 aliphatic heterocycles. The number of rotatable bonds is 4. The maximum absolute atomic E-state index is 11.4. The van der Waals surface area contributed by atoms with Crippen LogP contribution in [0, 0.1) is 22.2 Å². The van der Waals surface area contributed by atoms with E-state index in [4.69, 9.17) is 10.00 Å². The lowest BCUT2D eigenvalue weighted by atomic mass is 9.36. The van der Waals surface area contributed by atoms with Crippen LogP contribution in [0.1, 0.15) is 36.7 Å². The standard InChI is InChI=1S/C12H14N4O2/c1-2-18-10(17)9-3-16(15-14-9)8-12-4-11(5-12,6-12)7-13/h3H,2,4-6,8H2,1H3. The molecular formula is C12H14N4O2. The predicted molar refractivity (Wildman–Crippen MR) is 60.3 cm³/mol. The van der Waals surface area contributed by atoms with Gasteiger partial charge in [-0.25, -0.2) is 4.79 Å². The summed E-state index contributed by atoms with van der Waals surface area (Å²) in [5.74, 6) is -0.435. The molecule has 1 aromatic rings. The number of aromatic nitrogens is 3. The van der Waals surface area contributed by atoms with Gasteiger partial charge in [0.05, 0.1) is 24.3 Å². The average molecular weight is 246 g/mol. The highest BCUT2D eigenvalue weighted by Crippen LogP contribution is 2.73. The molecule has 1 aromatic heterocycles. The van der Waals surface area contributed by atoms with Crippen molar-refractivity contribution < 1.29 is 9.53 Å². The zero-order valence-electron chi connectivity index (χ0n) is 10.2. The highest BCUT2D eigenvalue weighted by molar-refractivity contribution is 5.86. The summed E-state index contributed by atoms with van der Waals surface area (Å²) in [7, 11) is 0. The van der Waals surface area contributed by atoms with E-state index in [2.05, 4.69) is 16.4 Å². The summed E-state index contributed by atoms with van der Waals surface area (Å²) in [6, 6.07) is 2.38. The maximum atomic E-state index is 11.4. The first kappa shape index (κ1) is 11.2. The summed E-state index contributed by atoms with van der Waals surface area (Å²) >= 11 is 0. The van der Waals surface area contributed by atoms with Gasteiger partial charge in [-0.15, -0.1) is 5.10 Å². The number of carbonyl (C=O) groups excluding carboxylic acids is 1. The molecule has 2 bridgehead atoms. The minimum absolute atomic E-state index is 0.0510. The van der Waals surface area contributed by atoms with Crippen molar-refractivity contribution in [3.05, 3.63) is 11.9 Å². The molecule has 1 heterocycles. The molecule has 0 spiro atoms. The molecule has 3 aliphatic carbocycles. The summed E-state index contributed by atoms with van der Waals surface area (Å²) in [6.07, 6.45) is 4.47. The second kappa shape index (κ2) is 3.55. The molecule has 3 aliphatic rings. The molecule has 0 atom stereocenters. The van der Waals surface area contributed by atoms with Crippen molar-refractivity contribution in [1.82, 2.24) is 15.0 Å². The van der Waals surface area contributed by atoms with Crippen LogP contribution in [-0.4, -0.2) is 27.6 Å². The first-order valence-corrected chi connectivity index (χ1v) is 6.09. The lowest BCUT2D eigenvalue weighted by molar-refractivity contribution is -0.174. The van der Waals surface area contributed by atoms with Crippen LogP contribution in [0.2, 0.25) is 0 Å². The van der Waals surface area contributed by atoms with Crippen LogP contribution >= 0.6 is 0 Å². The molecule has 0 N–H and O–H groups in total. The van der Waals surface area contributed by atoms with Gasteiger partial charge < -0.3 is 4.74 Å². The average Bonchev–Trinajstić information content (AvgIpc) is 2.70. The van der Waals surface area contributed by atoms with E-state index in [9.17, 15) is 4.79 Å². The molecule has 0 saturated heterocycles. The molecule has 0 amide bonds. The molecule has 94 valence electrons. The van der Waals surface area contributed by atoms with Crippen molar-refractivity contribution in [3.63, 3.8) is 0 Å². The zero-order chi connectivity index (χ0) is 12.8. The van der Waals surface area contributed by atoms with Gasteiger partial charge in [-0.3, -0.25) is 4.68 Å². The van der Waals surface area contributed by atoms with Gasteiger partial charge in [-0.1, -0.05) is 5.21 Å². The van der Waals surface area contributed by atoms with E-state index in [0.29, 0.717) is 6.61 Å². The number of hydrogen-bond acceptors (Lipinski definition) is 5. The monoisotopic (exact) mass is 246 g/mol. The maximum Gasteiger partial charge on any atom is 0.360 e. The second-order valence-electron chi connectivity index (χ2n) is 5.44. The van der Waals surface area contributed by atoms with E-state index in [1.54, 1.807) is 17.8 Å². The number of nitrogens with zero attached hydrogens (tertiary/aromatic N) is 4. The van der Waals surface area contributed by atoms with Gasteiger partial charge in [0.2, 0.25) is 0 Å². The van der Waals surface area contributed by atoms with Crippen molar-refractivity contribution in [3.8, 4) is 6.07 Å². The molecule has 6 heteroatoms. The van der Waals surface area contributed by atoms with Crippen molar-refractivity contribution in [1.29, 1.82) is 5.26 Å². The fourth-order valence-corrected chi connectivity index (χ4v) is 3.30. The summed E-state index contributed by atoms with van der Waals surface area (Å²) in [4.78, 5) is 11.4. The van der Waals surface area contributed by atoms with Gasteiger partial charge in [0, 0.05) is 6.54 Å². The Kier molecular flexibility index (Phi) is 2.21. The first-order valence-electron chi connectivity index (χ1n) is 6.09. The van der Waals surface area contributed by atoms with Crippen LogP contribution in [0.15, 0.2) is 6.20 Å². The summed E-state index contributed by atoms with van der Waals surface area (Å²) in [6.45, 7) is 2.83.